The molecule has 2 rings (SSSR count). The molecule has 0 saturated heterocycles. The molecule has 20 heavy (non-hydrogen) atoms. The average molecular weight is 286 g/mol. The molecule has 0 heterocycles. The highest BCUT2D eigenvalue weighted by molar-refractivity contribution is 7.80. The van der Waals surface area contributed by atoms with Crippen LogP contribution in [0.5, 0.6) is 0 Å². The summed E-state index contributed by atoms with van der Waals surface area (Å²) >= 11 is 4.08. The summed E-state index contributed by atoms with van der Waals surface area (Å²) in [6.45, 7) is 0.547. The van der Waals surface area contributed by atoms with Crippen LogP contribution in [-0.4, -0.2) is 18.3 Å². The Balaban J connectivity index is 2.19. The van der Waals surface area contributed by atoms with Crippen LogP contribution in [0.4, 0.5) is 4.79 Å². The molecule has 0 spiro atoms. The largest absolute Gasteiger partial charge is 0.337 e. The van der Waals surface area contributed by atoms with E-state index in [1.165, 1.54) is 0 Å². The van der Waals surface area contributed by atoms with E-state index in [9.17, 15) is 4.79 Å². The summed E-state index contributed by atoms with van der Waals surface area (Å²) in [4.78, 5) is 11.9. The molecule has 4 heteroatoms. The molecule has 3 nitrogen and oxygen atoms in total. The van der Waals surface area contributed by atoms with Gasteiger partial charge < -0.3 is 10.6 Å². The number of hydrogen-bond acceptors (Lipinski definition) is 2. The van der Waals surface area contributed by atoms with Crippen molar-refractivity contribution in [3.05, 3.63) is 71.8 Å². The van der Waals surface area contributed by atoms with E-state index in [2.05, 4.69) is 23.3 Å². The lowest BCUT2D eigenvalue weighted by Gasteiger charge is -2.20. The number of urea groups is 1. The van der Waals surface area contributed by atoms with Gasteiger partial charge in [-0.15, -0.1) is 0 Å². The molecule has 104 valence electrons. The molecule has 2 aromatic carbocycles. The normalized spacial score (nSPS) is 10.3. The average Bonchev–Trinajstić information content (AvgIpc) is 2.52. The highest BCUT2D eigenvalue weighted by Gasteiger charge is 2.15. The van der Waals surface area contributed by atoms with Gasteiger partial charge >= 0.3 is 6.03 Å². The van der Waals surface area contributed by atoms with Gasteiger partial charge in [0.25, 0.3) is 0 Å². The number of rotatable bonds is 5. The van der Waals surface area contributed by atoms with Crippen molar-refractivity contribution in [3.63, 3.8) is 0 Å². The molecule has 0 aliphatic heterocycles. The Morgan fingerprint density at radius 3 is 1.90 bits per heavy atom. The minimum Gasteiger partial charge on any atom is -0.337 e. The zero-order chi connectivity index (χ0) is 14.2. The first kappa shape index (κ1) is 14.5. The zero-order valence-electron chi connectivity index (χ0n) is 11.1. The Bertz CT molecular complexity index is 491. The van der Waals surface area contributed by atoms with E-state index < -0.39 is 0 Å². The summed E-state index contributed by atoms with van der Waals surface area (Å²) in [6, 6.07) is 19.5. The highest BCUT2D eigenvalue weighted by atomic mass is 32.1. The second-order valence-corrected chi connectivity index (χ2v) is 4.83. The summed E-state index contributed by atoms with van der Waals surface area (Å²) in [5.41, 5.74) is 2.11. The third-order valence-electron chi connectivity index (χ3n) is 2.94. The maximum atomic E-state index is 11.9. The van der Waals surface area contributed by atoms with Gasteiger partial charge in [0.15, 0.2) is 0 Å². The van der Waals surface area contributed by atoms with Crippen molar-refractivity contribution in [1.29, 1.82) is 0 Å². The third-order valence-corrected chi connectivity index (χ3v) is 3.16. The summed E-state index contributed by atoms with van der Waals surface area (Å²) in [6.07, 6.45) is 0. The van der Waals surface area contributed by atoms with Crippen molar-refractivity contribution >= 4 is 18.7 Å². The Hall–Kier alpha value is -1.94. The van der Waals surface area contributed by atoms with E-state index in [1.807, 2.05) is 60.7 Å². The van der Waals surface area contributed by atoms with Gasteiger partial charge in [-0.3, -0.25) is 0 Å². The van der Waals surface area contributed by atoms with E-state index in [0.717, 1.165) is 11.1 Å². The first-order valence-corrected chi connectivity index (χ1v) is 7.19. The van der Waals surface area contributed by atoms with Crippen molar-refractivity contribution in [1.82, 2.24) is 10.6 Å². The smallest absolute Gasteiger partial charge is 0.315 e. The van der Waals surface area contributed by atoms with Crippen molar-refractivity contribution in [2.45, 2.75) is 6.04 Å². The van der Waals surface area contributed by atoms with E-state index in [0.29, 0.717) is 12.3 Å². The van der Waals surface area contributed by atoms with Gasteiger partial charge in [0.05, 0.1) is 6.04 Å². The van der Waals surface area contributed by atoms with Crippen LogP contribution in [0.25, 0.3) is 0 Å². The van der Waals surface area contributed by atoms with E-state index in [1.54, 1.807) is 0 Å². The minimum atomic E-state index is -0.184. The first-order valence-electron chi connectivity index (χ1n) is 6.56. The molecule has 0 aliphatic carbocycles. The van der Waals surface area contributed by atoms with E-state index >= 15 is 0 Å². The standard InChI is InChI=1S/C16H18N2OS/c19-16(17-11-12-20)18-15(13-7-3-1-4-8-13)14-9-5-2-6-10-14/h1-10,15,20H,11-12H2,(H2,17,18,19). The van der Waals surface area contributed by atoms with Crippen LogP contribution in [0.3, 0.4) is 0 Å². The first-order chi connectivity index (χ1) is 9.81. The molecule has 2 aromatic rings. The van der Waals surface area contributed by atoms with Crippen molar-refractivity contribution < 1.29 is 4.79 Å². The lowest BCUT2D eigenvalue weighted by Crippen LogP contribution is -2.39. The third kappa shape index (κ3) is 4.03. The van der Waals surface area contributed by atoms with Gasteiger partial charge in [-0.25, -0.2) is 4.79 Å². The molecule has 0 radical (unpaired) electrons. The summed E-state index contributed by atoms with van der Waals surface area (Å²) in [5.74, 6) is 0.620. The predicted octanol–water partition coefficient (Wildman–Crippen LogP) is 3.01. The SMILES string of the molecule is O=C(NCCS)NC(c1ccccc1)c1ccccc1. The van der Waals surface area contributed by atoms with E-state index in [-0.39, 0.29) is 12.1 Å². The van der Waals surface area contributed by atoms with E-state index in [4.69, 9.17) is 0 Å². The molecule has 0 fully saturated rings. The van der Waals surface area contributed by atoms with Crippen LogP contribution < -0.4 is 10.6 Å². The van der Waals surface area contributed by atoms with Gasteiger partial charge in [0, 0.05) is 12.3 Å². The second kappa shape index (κ2) is 7.60. The Morgan fingerprint density at radius 2 is 1.45 bits per heavy atom. The summed E-state index contributed by atoms with van der Waals surface area (Å²) in [5, 5.41) is 5.78. The lowest BCUT2D eigenvalue weighted by molar-refractivity contribution is 0.239. The van der Waals surface area contributed by atoms with Crippen LogP contribution in [-0.2, 0) is 0 Å². The van der Waals surface area contributed by atoms with Crippen molar-refractivity contribution in [2.75, 3.05) is 12.3 Å². The molecule has 0 atom stereocenters. The van der Waals surface area contributed by atoms with Gasteiger partial charge in [0.1, 0.15) is 0 Å². The summed E-state index contributed by atoms with van der Waals surface area (Å²) < 4.78 is 0. The Kier molecular flexibility index (Phi) is 5.50. The van der Waals surface area contributed by atoms with Crippen LogP contribution >= 0.6 is 12.6 Å². The predicted molar refractivity (Wildman–Crippen MR) is 85.1 cm³/mol. The van der Waals surface area contributed by atoms with Crippen LogP contribution in [0.15, 0.2) is 60.7 Å². The number of hydrogen-bond donors (Lipinski definition) is 3. The zero-order valence-corrected chi connectivity index (χ0v) is 12.0. The number of carbonyl (C=O) groups excluding carboxylic acids is 1. The molecule has 0 bridgehead atoms. The topological polar surface area (TPSA) is 41.1 Å². The maximum Gasteiger partial charge on any atom is 0.315 e. The van der Waals surface area contributed by atoms with Gasteiger partial charge in [-0.2, -0.15) is 12.6 Å². The Morgan fingerprint density at radius 1 is 0.950 bits per heavy atom. The fourth-order valence-electron chi connectivity index (χ4n) is 2.00. The monoisotopic (exact) mass is 286 g/mol. The van der Waals surface area contributed by atoms with Gasteiger partial charge in [0.2, 0.25) is 0 Å². The minimum absolute atomic E-state index is 0.155. The lowest BCUT2D eigenvalue weighted by atomic mass is 9.99. The van der Waals surface area contributed by atoms with Crippen LogP contribution in [0, 0.1) is 0 Å². The van der Waals surface area contributed by atoms with Gasteiger partial charge in [-0.05, 0) is 11.1 Å². The molecule has 0 unspecified atom stereocenters. The molecule has 0 aromatic heterocycles. The number of benzene rings is 2. The number of amides is 2. The molecular weight excluding hydrogens is 268 g/mol. The number of nitrogens with one attached hydrogen (secondary N) is 2. The molecule has 2 amide bonds. The molecular formula is C16H18N2OS. The van der Waals surface area contributed by atoms with Gasteiger partial charge in [-0.1, -0.05) is 60.7 Å². The summed E-state index contributed by atoms with van der Waals surface area (Å²) in [7, 11) is 0. The van der Waals surface area contributed by atoms with Crippen LogP contribution in [0.2, 0.25) is 0 Å². The highest BCUT2D eigenvalue weighted by Crippen LogP contribution is 2.21. The van der Waals surface area contributed by atoms with Crippen molar-refractivity contribution in [3.8, 4) is 0 Å². The molecule has 0 saturated carbocycles. The number of thiol groups is 1. The fraction of sp³-hybridized carbons (Fsp3) is 0.188. The second-order valence-electron chi connectivity index (χ2n) is 4.38. The maximum absolute atomic E-state index is 11.9. The van der Waals surface area contributed by atoms with Crippen molar-refractivity contribution in [2.24, 2.45) is 0 Å². The molecule has 0 aliphatic rings. The quantitative estimate of drug-likeness (QED) is 0.727. The Labute approximate surface area is 124 Å². The van der Waals surface area contributed by atoms with Crippen LogP contribution in [0.1, 0.15) is 17.2 Å². The molecule has 2 N–H and O–H groups in total. The number of carbonyl (C=O) groups is 1. The fourth-order valence-corrected chi connectivity index (χ4v) is 2.11.